The van der Waals surface area contributed by atoms with Gasteiger partial charge in [0.1, 0.15) is 5.60 Å². The molecule has 2 aromatic carbocycles. The number of amides is 2. The highest BCUT2D eigenvalue weighted by atomic mass is 16.3. The first-order valence-electron chi connectivity index (χ1n) is 7.96. The molecule has 0 saturated carbocycles. The molecule has 0 fully saturated rings. The van der Waals surface area contributed by atoms with E-state index in [9.17, 15) is 9.90 Å². The zero-order valence-electron chi connectivity index (χ0n) is 13.2. The van der Waals surface area contributed by atoms with Gasteiger partial charge in [-0.2, -0.15) is 5.26 Å². The van der Waals surface area contributed by atoms with Crippen LogP contribution in [0.15, 0.2) is 48.5 Å². The van der Waals surface area contributed by atoms with Crippen molar-refractivity contribution in [2.45, 2.75) is 24.9 Å². The van der Waals surface area contributed by atoms with Gasteiger partial charge in [-0.05, 0) is 48.6 Å². The first kappa shape index (κ1) is 16.0. The normalized spacial score (nSPS) is 19.0. The van der Waals surface area contributed by atoms with E-state index in [-0.39, 0.29) is 6.54 Å². The first-order valence-corrected chi connectivity index (χ1v) is 7.96. The van der Waals surface area contributed by atoms with Crippen molar-refractivity contribution in [1.29, 1.82) is 5.26 Å². The molecule has 5 heteroatoms. The van der Waals surface area contributed by atoms with E-state index in [2.05, 4.69) is 10.6 Å². The summed E-state index contributed by atoms with van der Waals surface area (Å²) in [5.74, 6) is 0. The highest BCUT2D eigenvalue weighted by molar-refractivity contribution is 5.89. The van der Waals surface area contributed by atoms with E-state index in [0.29, 0.717) is 17.7 Å². The van der Waals surface area contributed by atoms with E-state index in [1.165, 1.54) is 0 Å². The number of hydrogen-bond donors (Lipinski definition) is 3. The van der Waals surface area contributed by atoms with Gasteiger partial charge in [-0.25, -0.2) is 4.79 Å². The number of benzene rings is 2. The number of nitriles is 1. The number of nitrogens with zero attached hydrogens (tertiary/aromatic N) is 1. The SMILES string of the molecule is N#Cc1cccc(NC(=O)NCC2(O)CCCc3ccccc32)c1. The Morgan fingerprint density at radius 1 is 1.25 bits per heavy atom. The number of carbonyl (C=O) groups is 1. The summed E-state index contributed by atoms with van der Waals surface area (Å²) in [6.45, 7) is 0.147. The van der Waals surface area contributed by atoms with Crippen molar-refractivity contribution < 1.29 is 9.90 Å². The zero-order valence-corrected chi connectivity index (χ0v) is 13.2. The van der Waals surface area contributed by atoms with E-state index in [1.807, 2.05) is 30.3 Å². The van der Waals surface area contributed by atoms with Crippen LogP contribution in [0.5, 0.6) is 0 Å². The fourth-order valence-electron chi connectivity index (χ4n) is 3.15. The van der Waals surface area contributed by atoms with Crippen LogP contribution < -0.4 is 10.6 Å². The molecular weight excluding hydrogens is 302 g/mol. The van der Waals surface area contributed by atoms with Crippen LogP contribution in [0.25, 0.3) is 0 Å². The third-order valence-electron chi connectivity index (χ3n) is 4.35. The second kappa shape index (κ2) is 6.73. The van der Waals surface area contributed by atoms with Crippen molar-refractivity contribution >= 4 is 11.7 Å². The molecule has 0 radical (unpaired) electrons. The molecular formula is C19H19N3O2. The molecule has 3 rings (SSSR count). The number of hydrogen-bond acceptors (Lipinski definition) is 3. The number of carbonyl (C=O) groups excluding carboxylic acids is 1. The molecule has 1 aliphatic carbocycles. The van der Waals surface area contributed by atoms with Gasteiger partial charge in [-0.15, -0.1) is 0 Å². The van der Waals surface area contributed by atoms with E-state index in [4.69, 9.17) is 5.26 Å². The number of fused-ring (bicyclic) bond motifs is 1. The van der Waals surface area contributed by atoms with Crippen LogP contribution >= 0.6 is 0 Å². The molecule has 1 aliphatic rings. The average Bonchev–Trinajstić information content (AvgIpc) is 2.61. The molecule has 122 valence electrons. The van der Waals surface area contributed by atoms with Gasteiger partial charge in [-0.3, -0.25) is 0 Å². The average molecular weight is 321 g/mol. The molecule has 3 N–H and O–H groups in total. The number of aliphatic hydroxyl groups is 1. The minimum atomic E-state index is -1.04. The summed E-state index contributed by atoms with van der Waals surface area (Å²) in [6.07, 6.45) is 2.46. The van der Waals surface area contributed by atoms with E-state index in [0.717, 1.165) is 24.0 Å². The quantitative estimate of drug-likeness (QED) is 0.812. The van der Waals surface area contributed by atoms with Crippen molar-refractivity contribution in [2.75, 3.05) is 11.9 Å². The van der Waals surface area contributed by atoms with Gasteiger partial charge in [0.15, 0.2) is 0 Å². The Kier molecular flexibility index (Phi) is 4.50. The summed E-state index contributed by atoms with van der Waals surface area (Å²) in [7, 11) is 0. The summed E-state index contributed by atoms with van der Waals surface area (Å²) in [4.78, 5) is 12.1. The van der Waals surface area contributed by atoms with Crippen LogP contribution in [0, 0.1) is 11.3 Å². The lowest BCUT2D eigenvalue weighted by molar-refractivity contribution is 0.0221. The highest BCUT2D eigenvalue weighted by Crippen LogP contribution is 2.34. The third kappa shape index (κ3) is 3.39. The molecule has 5 nitrogen and oxygen atoms in total. The number of anilines is 1. The Labute approximate surface area is 140 Å². The van der Waals surface area contributed by atoms with Crippen molar-refractivity contribution in [3.05, 3.63) is 65.2 Å². The summed E-state index contributed by atoms with van der Waals surface area (Å²) >= 11 is 0. The number of rotatable bonds is 3. The van der Waals surface area contributed by atoms with Gasteiger partial charge in [0.05, 0.1) is 18.2 Å². The van der Waals surface area contributed by atoms with E-state index < -0.39 is 11.6 Å². The molecule has 0 spiro atoms. The van der Waals surface area contributed by atoms with Gasteiger partial charge in [0.2, 0.25) is 0 Å². The Bertz CT molecular complexity index is 797. The van der Waals surface area contributed by atoms with Crippen LogP contribution in [0.1, 0.15) is 29.5 Å². The summed E-state index contributed by atoms with van der Waals surface area (Å²) in [5, 5.41) is 25.2. The lowest BCUT2D eigenvalue weighted by Gasteiger charge is -2.34. The maximum absolute atomic E-state index is 12.1. The molecule has 0 heterocycles. The molecule has 0 bridgehead atoms. The molecule has 2 aromatic rings. The second-order valence-electron chi connectivity index (χ2n) is 6.04. The number of aryl methyl sites for hydroxylation is 1. The fourth-order valence-corrected chi connectivity index (χ4v) is 3.15. The smallest absolute Gasteiger partial charge is 0.319 e. The van der Waals surface area contributed by atoms with Crippen LogP contribution in [-0.2, 0) is 12.0 Å². The minimum Gasteiger partial charge on any atom is -0.383 e. The molecule has 1 unspecified atom stereocenters. The standard InChI is InChI=1S/C19H19N3O2/c20-12-14-5-3-8-16(11-14)22-18(23)21-13-19(24)10-4-7-15-6-1-2-9-17(15)19/h1-3,5-6,8-9,11,24H,4,7,10,13H2,(H2,21,22,23). The van der Waals surface area contributed by atoms with Crippen LogP contribution in [0.2, 0.25) is 0 Å². The van der Waals surface area contributed by atoms with Crippen molar-refractivity contribution in [3.63, 3.8) is 0 Å². The maximum atomic E-state index is 12.1. The molecule has 24 heavy (non-hydrogen) atoms. The molecule has 1 atom stereocenters. The predicted molar refractivity (Wildman–Crippen MR) is 91.5 cm³/mol. The molecule has 2 amide bonds. The topological polar surface area (TPSA) is 85.2 Å². The van der Waals surface area contributed by atoms with Crippen LogP contribution in [0.3, 0.4) is 0 Å². The highest BCUT2D eigenvalue weighted by Gasteiger charge is 2.34. The monoisotopic (exact) mass is 321 g/mol. The third-order valence-corrected chi connectivity index (χ3v) is 4.35. The predicted octanol–water partition coefficient (Wildman–Crippen LogP) is 2.90. The van der Waals surface area contributed by atoms with Crippen LogP contribution in [-0.4, -0.2) is 17.7 Å². The van der Waals surface area contributed by atoms with Crippen molar-refractivity contribution in [2.24, 2.45) is 0 Å². The lowest BCUT2D eigenvalue weighted by atomic mass is 9.79. The van der Waals surface area contributed by atoms with Crippen LogP contribution in [0.4, 0.5) is 10.5 Å². The van der Waals surface area contributed by atoms with Gasteiger partial charge in [-0.1, -0.05) is 30.3 Å². The molecule has 0 aliphatic heterocycles. The van der Waals surface area contributed by atoms with Crippen molar-refractivity contribution in [3.8, 4) is 6.07 Å². The first-order chi connectivity index (χ1) is 11.6. The molecule has 0 saturated heterocycles. The Balaban J connectivity index is 1.65. The Hall–Kier alpha value is -2.84. The fraction of sp³-hybridized carbons (Fsp3) is 0.263. The Morgan fingerprint density at radius 2 is 2.08 bits per heavy atom. The summed E-state index contributed by atoms with van der Waals surface area (Å²) in [6, 6.07) is 16.1. The number of urea groups is 1. The van der Waals surface area contributed by atoms with Gasteiger partial charge < -0.3 is 15.7 Å². The van der Waals surface area contributed by atoms with E-state index in [1.54, 1.807) is 24.3 Å². The molecule has 0 aromatic heterocycles. The Morgan fingerprint density at radius 3 is 2.92 bits per heavy atom. The summed E-state index contributed by atoms with van der Waals surface area (Å²) < 4.78 is 0. The largest absolute Gasteiger partial charge is 0.383 e. The number of nitrogens with one attached hydrogen (secondary N) is 2. The van der Waals surface area contributed by atoms with E-state index >= 15 is 0 Å². The zero-order chi connectivity index (χ0) is 17.0. The minimum absolute atomic E-state index is 0.147. The second-order valence-corrected chi connectivity index (χ2v) is 6.04. The van der Waals surface area contributed by atoms with Gasteiger partial charge in [0.25, 0.3) is 0 Å². The lowest BCUT2D eigenvalue weighted by Crippen LogP contribution is -2.44. The van der Waals surface area contributed by atoms with Gasteiger partial charge in [0, 0.05) is 5.69 Å². The maximum Gasteiger partial charge on any atom is 0.319 e. The summed E-state index contributed by atoms with van der Waals surface area (Å²) in [5.41, 5.74) is 2.01. The van der Waals surface area contributed by atoms with Crippen molar-refractivity contribution in [1.82, 2.24) is 5.32 Å². The van der Waals surface area contributed by atoms with Gasteiger partial charge >= 0.3 is 6.03 Å².